The van der Waals surface area contributed by atoms with Gasteiger partial charge in [-0.3, -0.25) is 4.68 Å². The molecule has 0 fully saturated rings. The molecule has 1 heterocycles. The lowest BCUT2D eigenvalue weighted by molar-refractivity contribution is 0.649. The average molecular weight is 277 g/mol. The van der Waals surface area contributed by atoms with Crippen molar-refractivity contribution >= 4 is 11.6 Å². The lowest BCUT2D eigenvalue weighted by Gasteiger charge is -2.09. The van der Waals surface area contributed by atoms with Crippen molar-refractivity contribution in [1.29, 1.82) is 0 Å². The molecule has 0 aliphatic heterocycles. The van der Waals surface area contributed by atoms with Crippen LogP contribution in [0.25, 0.3) is 0 Å². The molecule has 0 aliphatic carbocycles. The maximum absolute atomic E-state index is 6.42. The Morgan fingerprint density at radius 3 is 2.63 bits per heavy atom. The Morgan fingerprint density at radius 1 is 1.26 bits per heavy atom. The third kappa shape index (κ3) is 3.84. The minimum Gasteiger partial charge on any atom is -0.272 e. The highest BCUT2D eigenvalue weighted by Gasteiger charge is 2.08. The van der Waals surface area contributed by atoms with Crippen molar-refractivity contribution in [1.82, 2.24) is 9.78 Å². The van der Waals surface area contributed by atoms with Gasteiger partial charge in [-0.15, -0.1) is 11.6 Å². The van der Waals surface area contributed by atoms with Gasteiger partial charge in [-0.1, -0.05) is 37.3 Å². The fraction of sp³-hybridized carbons (Fsp3) is 0.438. The summed E-state index contributed by atoms with van der Waals surface area (Å²) in [5.74, 6) is 0. The van der Waals surface area contributed by atoms with Crippen molar-refractivity contribution < 1.29 is 0 Å². The smallest absolute Gasteiger partial charge is 0.0624 e. The Bertz CT molecular complexity index is 505. The molecule has 0 N–H and O–H groups in total. The van der Waals surface area contributed by atoms with Crippen LogP contribution in [0.3, 0.4) is 0 Å². The summed E-state index contributed by atoms with van der Waals surface area (Å²) in [6.45, 7) is 2.14. The molecule has 102 valence electrons. The topological polar surface area (TPSA) is 17.8 Å². The molecule has 2 aromatic rings. The van der Waals surface area contributed by atoms with E-state index in [0.717, 1.165) is 25.7 Å². The Balaban J connectivity index is 1.84. The number of rotatable bonds is 6. The Morgan fingerprint density at radius 2 is 2.00 bits per heavy atom. The highest BCUT2D eigenvalue weighted by molar-refractivity contribution is 6.20. The highest BCUT2D eigenvalue weighted by Crippen LogP contribution is 2.26. The molecule has 0 saturated carbocycles. The van der Waals surface area contributed by atoms with Crippen molar-refractivity contribution in [2.45, 2.75) is 38.0 Å². The molecule has 1 atom stereocenters. The van der Waals surface area contributed by atoms with Gasteiger partial charge >= 0.3 is 0 Å². The molecule has 1 aromatic carbocycles. The summed E-state index contributed by atoms with van der Waals surface area (Å²) in [7, 11) is 2.02. The fourth-order valence-corrected chi connectivity index (χ4v) is 2.57. The average Bonchev–Trinajstić information content (AvgIpc) is 2.80. The van der Waals surface area contributed by atoms with E-state index in [-0.39, 0.29) is 5.38 Å². The number of halogens is 1. The lowest BCUT2D eigenvalue weighted by atomic mass is 10.1. The van der Waals surface area contributed by atoms with Gasteiger partial charge < -0.3 is 0 Å². The van der Waals surface area contributed by atoms with E-state index in [1.807, 2.05) is 29.9 Å². The van der Waals surface area contributed by atoms with Crippen molar-refractivity contribution in [3.05, 3.63) is 53.3 Å². The van der Waals surface area contributed by atoms with Crippen molar-refractivity contribution in [3.63, 3.8) is 0 Å². The van der Waals surface area contributed by atoms with E-state index in [1.54, 1.807) is 0 Å². The number of nitrogens with zero attached hydrogens (tertiary/aromatic N) is 2. The van der Waals surface area contributed by atoms with Crippen LogP contribution in [-0.4, -0.2) is 9.78 Å². The predicted octanol–water partition coefficient (Wildman–Crippen LogP) is 4.29. The number of aromatic nitrogens is 2. The lowest BCUT2D eigenvalue weighted by Crippen LogP contribution is -1.99. The molecule has 19 heavy (non-hydrogen) atoms. The van der Waals surface area contributed by atoms with Crippen molar-refractivity contribution in [2.75, 3.05) is 0 Å². The minimum atomic E-state index is 0.111. The highest BCUT2D eigenvalue weighted by atomic mass is 35.5. The minimum absolute atomic E-state index is 0.111. The monoisotopic (exact) mass is 276 g/mol. The van der Waals surface area contributed by atoms with Crippen LogP contribution in [-0.2, 0) is 19.9 Å². The third-order valence-corrected chi connectivity index (χ3v) is 3.91. The summed E-state index contributed by atoms with van der Waals surface area (Å²) < 4.78 is 1.99. The first kappa shape index (κ1) is 14.1. The summed E-state index contributed by atoms with van der Waals surface area (Å²) in [6, 6.07) is 12.5. The Kier molecular flexibility index (Phi) is 5.03. The molecular weight excluding hydrogens is 256 g/mol. The molecule has 1 unspecified atom stereocenters. The molecule has 0 radical (unpaired) electrons. The van der Waals surface area contributed by atoms with Crippen molar-refractivity contribution in [3.8, 4) is 0 Å². The van der Waals surface area contributed by atoms with Gasteiger partial charge in [0.25, 0.3) is 0 Å². The molecule has 0 saturated heterocycles. The van der Waals surface area contributed by atoms with Crippen molar-refractivity contribution in [2.24, 2.45) is 7.05 Å². The normalized spacial score (nSPS) is 12.6. The second-order valence-corrected chi connectivity index (χ2v) is 5.40. The van der Waals surface area contributed by atoms with Gasteiger partial charge in [0.05, 0.1) is 11.1 Å². The molecule has 2 nitrogen and oxygen atoms in total. The SMILES string of the molecule is CCc1cc(CCCC(Cl)c2ccccc2)n(C)n1. The zero-order chi connectivity index (χ0) is 13.7. The molecular formula is C16H21ClN2. The zero-order valence-electron chi connectivity index (χ0n) is 11.6. The predicted molar refractivity (Wildman–Crippen MR) is 80.6 cm³/mol. The third-order valence-electron chi connectivity index (χ3n) is 3.44. The molecule has 0 amide bonds. The molecule has 1 aromatic heterocycles. The van der Waals surface area contributed by atoms with Crippen LogP contribution in [0.2, 0.25) is 0 Å². The molecule has 0 spiro atoms. The number of aryl methyl sites for hydroxylation is 3. The van der Waals surface area contributed by atoms with E-state index in [1.165, 1.54) is 17.0 Å². The maximum atomic E-state index is 6.42. The van der Waals surface area contributed by atoms with Crippen LogP contribution in [0.1, 0.15) is 42.1 Å². The van der Waals surface area contributed by atoms with E-state index in [2.05, 4.69) is 30.2 Å². The molecule has 0 aliphatic rings. The van der Waals surface area contributed by atoms with Crippen LogP contribution in [0.15, 0.2) is 36.4 Å². The van der Waals surface area contributed by atoms with Gasteiger partial charge in [-0.05, 0) is 37.3 Å². The van der Waals surface area contributed by atoms with Gasteiger partial charge in [0, 0.05) is 12.7 Å². The molecule has 3 heteroatoms. The Labute approximate surface area is 120 Å². The Hall–Kier alpha value is -1.28. The van der Waals surface area contributed by atoms with Crippen LogP contribution >= 0.6 is 11.6 Å². The first-order chi connectivity index (χ1) is 9.20. The first-order valence-corrected chi connectivity index (χ1v) is 7.35. The van der Waals surface area contributed by atoms with E-state index < -0.39 is 0 Å². The molecule has 0 bridgehead atoms. The molecule has 2 rings (SSSR count). The van der Waals surface area contributed by atoms with Gasteiger partial charge in [0.1, 0.15) is 0 Å². The van der Waals surface area contributed by atoms with E-state index in [9.17, 15) is 0 Å². The van der Waals surface area contributed by atoms with E-state index in [4.69, 9.17) is 11.6 Å². The largest absolute Gasteiger partial charge is 0.272 e. The summed E-state index contributed by atoms with van der Waals surface area (Å²) in [5, 5.41) is 4.58. The first-order valence-electron chi connectivity index (χ1n) is 6.91. The van der Waals surface area contributed by atoms with Crippen LogP contribution in [0, 0.1) is 0 Å². The maximum Gasteiger partial charge on any atom is 0.0624 e. The van der Waals surface area contributed by atoms with Crippen LogP contribution in [0.4, 0.5) is 0 Å². The standard InChI is InChI=1S/C16H21ClN2/c1-3-14-12-15(19(2)18-14)10-7-11-16(17)13-8-5-4-6-9-13/h4-6,8-9,12,16H,3,7,10-11H2,1-2H3. The second-order valence-electron chi connectivity index (χ2n) is 4.87. The van der Waals surface area contributed by atoms with Gasteiger partial charge in [-0.2, -0.15) is 5.10 Å². The number of hydrogen-bond donors (Lipinski definition) is 0. The second kappa shape index (κ2) is 6.76. The fourth-order valence-electron chi connectivity index (χ4n) is 2.27. The van der Waals surface area contributed by atoms with E-state index >= 15 is 0 Å². The van der Waals surface area contributed by atoms with Gasteiger partial charge in [-0.25, -0.2) is 0 Å². The zero-order valence-corrected chi connectivity index (χ0v) is 12.4. The summed E-state index contributed by atoms with van der Waals surface area (Å²) in [4.78, 5) is 0. The van der Waals surface area contributed by atoms with Crippen LogP contribution < -0.4 is 0 Å². The van der Waals surface area contributed by atoms with Gasteiger partial charge in [0.2, 0.25) is 0 Å². The summed E-state index contributed by atoms with van der Waals surface area (Å²) in [6.07, 6.45) is 4.12. The van der Waals surface area contributed by atoms with E-state index in [0.29, 0.717) is 0 Å². The number of benzene rings is 1. The number of hydrogen-bond acceptors (Lipinski definition) is 1. The quantitative estimate of drug-likeness (QED) is 0.720. The van der Waals surface area contributed by atoms with Crippen LogP contribution in [0.5, 0.6) is 0 Å². The number of alkyl halides is 1. The summed E-state index contributed by atoms with van der Waals surface area (Å²) in [5.41, 5.74) is 3.68. The summed E-state index contributed by atoms with van der Waals surface area (Å²) >= 11 is 6.42. The van der Waals surface area contributed by atoms with Gasteiger partial charge in [0.15, 0.2) is 0 Å².